The van der Waals surface area contributed by atoms with E-state index in [1.807, 2.05) is 54.6 Å². The van der Waals surface area contributed by atoms with Crippen molar-refractivity contribution >= 4 is 46.7 Å². The smallest absolute Gasteiger partial charge is 0.259 e. The predicted octanol–water partition coefficient (Wildman–Crippen LogP) is 5.29. The standard InChI is InChI=1S/C23H16Cl2N6O/c24-17-7-3-14(4-8-17)19-12-20(15-5-9-18(25)10-6-15)31-23(27-19)29-22(30-31)28-21(32)16-2-1-11-26-13-16/h1-13,20H,(H2,27,28,29,30,32). The molecular weight excluding hydrogens is 447 g/mol. The van der Waals surface area contributed by atoms with Gasteiger partial charge >= 0.3 is 0 Å². The maximum atomic E-state index is 12.5. The normalized spacial score (nSPS) is 14.8. The molecule has 0 aliphatic carbocycles. The summed E-state index contributed by atoms with van der Waals surface area (Å²) < 4.78 is 1.72. The van der Waals surface area contributed by atoms with Crippen molar-refractivity contribution in [2.45, 2.75) is 6.04 Å². The highest BCUT2D eigenvalue weighted by Crippen LogP contribution is 2.34. The van der Waals surface area contributed by atoms with Gasteiger partial charge in [-0.2, -0.15) is 4.98 Å². The SMILES string of the molecule is O=C(Nc1nc2n(n1)C(c1ccc(Cl)cc1)C=C(c1ccc(Cl)cc1)N2)c1cccnc1. The van der Waals surface area contributed by atoms with Crippen LogP contribution in [0.2, 0.25) is 10.0 Å². The summed E-state index contributed by atoms with van der Waals surface area (Å²) >= 11 is 12.1. The van der Waals surface area contributed by atoms with Crippen molar-refractivity contribution in [2.75, 3.05) is 10.6 Å². The van der Waals surface area contributed by atoms with Crippen LogP contribution in [0, 0.1) is 0 Å². The summed E-state index contributed by atoms with van der Waals surface area (Å²) in [4.78, 5) is 21.0. The van der Waals surface area contributed by atoms with Gasteiger partial charge in [0.25, 0.3) is 11.9 Å². The lowest BCUT2D eigenvalue weighted by Crippen LogP contribution is -2.20. The van der Waals surface area contributed by atoms with Crippen LogP contribution >= 0.6 is 23.2 Å². The number of fused-ring (bicyclic) bond motifs is 1. The van der Waals surface area contributed by atoms with Crippen molar-refractivity contribution in [1.29, 1.82) is 0 Å². The number of rotatable bonds is 4. The fraction of sp³-hybridized carbons (Fsp3) is 0.0435. The number of pyridine rings is 1. The van der Waals surface area contributed by atoms with Crippen molar-refractivity contribution in [1.82, 2.24) is 19.7 Å². The highest BCUT2D eigenvalue weighted by Gasteiger charge is 2.26. The molecule has 32 heavy (non-hydrogen) atoms. The topological polar surface area (TPSA) is 84.7 Å². The number of nitrogens with zero attached hydrogens (tertiary/aromatic N) is 4. The van der Waals surface area contributed by atoms with E-state index in [1.54, 1.807) is 23.0 Å². The number of hydrogen-bond acceptors (Lipinski definition) is 5. The van der Waals surface area contributed by atoms with Gasteiger partial charge in [-0.1, -0.05) is 47.5 Å². The first kappa shape index (κ1) is 20.2. The number of carbonyl (C=O) groups excluding carboxylic acids is 1. The van der Waals surface area contributed by atoms with Gasteiger partial charge in [0.15, 0.2) is 0 Å². The third kappa shape index (κ3) is 4.08. The van der Waals surface area contributed by atoms with Gasteiger partial charge in [0, 0.05) is 28.1 Å². The van der Waals surface area contributed by atoms with Crippen LogP contribution in [0.5, 0.6) is 0 Å². The monoisotopic (exact) mass is 462 g/mol. The van der Waals surface area contributed by atoms with Crippen LogP contribution in [0.25, 0.3) is 5.70 Å². The second-order valence-corrected chi connectivity index (χ2v) is 7.98. The molecule has 1 amide bonds. The Morgan fingerprint density at radius 1 is 1.00 bits per heavy atom. The van der Waals surface area contributed by atoms with Gasteiger partial charge in [0.1, 0.15) is 6.04 Å². The lowest BCUT2D eigenvalue weighted by Gasteiger charge is -2.24. The fourth-order valence-electron chi connectivity index (χ4n) is 3.41. The predicted molar refractivity (Wildman–Crippen MR) is 125 cm³/mol. The number of carbonyl (C=O) groups is 1. The van der Waals surface area contributed by atoms with Crippen LogP contribution in [0.4, 0.5) is 11.9 Å². The van der Waals surface area contributed by atoms with Crippen molar-refractivity contribution in [3.63, 3.8) is 0 Å². The summed E-state index contributed by atoms with van der Waals surface area (Å²) in [6.45, 7) is 0. The van der Waals surface area contributed by atoms with E-state index < -0.39 is 0 Å². The van der Waals surface area contributed by atoms with Crippen molar-refractivity contribution in [3.8, 4) is 0 Å². The minimum absolute atomic E-state index is 0.186. The minimum Gasteiger partial charge on any atom is -0.324 e. The highest BCUT2D eigenvalue weighted by atomic mass is 35.5. The molecule has 2 aromatic heterocycles. The van der Waals surface area contributed by atoms with Crippen LogP contribution in [0.15, 0.2) is 79.1 Å². The zero-order chi connectivity index (χ0) is 22.1. The zero-order valence-corrected chi connectivity index (χ0v) is 18.0. The van der Waals surface area contributed by atoms with E-state index in [9.17, 15) is 4.79 Å². The Morgan fingerprint density at radius 2 is 1.72 bits per heavy atom. The lowest BCUT2D eigenvalue weighted by atomic mass is 10.0. The number of nitrogens with one attached hydrogen (secondary N) is 2. The van der Waals surface area contributed by atoms with Gasteiger partial charge in [0.2, 0.25) is 5.95 Å². The molecule has 0 saturated heterocycles. The molecule has 0 bridgehead atoms. The van der Waals surface area contributed by atoms with E-state index in [0.717, 1.165) is 16.8 Å². The van der Waals surface area contributed by atoms with Crippen molar-refractivity contribution < 1.29 is 4.79 Å². The molecule has 1 aliphatic rings. The summed E-state index contributed by atoms with van der Waals surface area (Å²) in [6, 6.07) is 18.2. The van der Waals surface area contributed by atoms with Gasteiger partial charge in [-0.15, -0.1) is 5.10 Å². The lowest BCUT2D eigenvalue weighted by molar-refractivity contribution is 0.102. The van der Waals surface area contributed by atoms with Crippen LogP contribution in [0.1, 0.15) is 27.5 Å². The van der Waals surface area contributed by atoms with Gasteiger partial charge in [-0.3, -0.25) is 15.1 Å². The Bertz CT molecular complexity index is 1300. The first-order valence-corrected chi connectivity index (χ1v) is 10.5. The van der Waals surface area contributed by atoms with Gasteiger partial charge in [0.05, 0.1) is 5.56 Å². The van der Waals surface area contributed by atoms with E-state index in [2.05, 4.69) is 25.7 Å². The Balaban J connectivity index is 1.51. The molecule has 1 unspecified atom stereocenters. The molecule has 1 atom stereocenters. The molecule has 1 aliphatic heterocycles. The third-order valence-electron chi connectivity index (χ3n) is 4.98. The van der Waals surface area contributed by atoms with E-state index in [4.69, 9.17) is 23.2 Å². The number of anilines is 2. The molecular formula is C23H16Cl2N6O. The van der Waals surface area contributed by atoms with E-state index >= 15 is 0 Å². The average molecular weight is 463 g/mol. The quantitative estimate of drug-likeness (QED) is 0.430. The third-order valence-corrected chi connectivity index (χ3v) is 5.49. The van der Waals surface area contributed by atoms with Gasteiger partial charge in [-0.05, 0) is 53.6 Å². The summed E-state index contributed by atoms with van der Waals surface area (Å²) in [5.74, 6) is 0.347. The molecule has 0 spiro atoms. The van der Waals surface area contributed by atoms with E-state index in [-0.39, 0.29) is 17.9 Å². The maximum absolute atomic E-state index is 12.5. The number of hydrogen-bond donors (Lipinski definition) is 2. The van der Waals surface area contributed by atoms with Crippen molar-refractivity contribution in [2.24, 2.45) is 0 Å². The molecule has 0 saturated carbocycles. The highest BCUT2D eigenvalue weighted by molar-refractivity contribution is 6.30. The second-order valence-electron chi connectivity index (χ2n) is 7.11. The minimum atomic E-state index is -0.338. The number of halogens is 2. The van der Waals surface area contributed by atoms with Crippen LogP contribution in [-0.4, -0.2) is 25.7 Å². The zero-order valence-electron chi connectivity index (χ0n) is 16.5. The number of benzene rings is 2. The number of amides is 1. The molecule has 4 aromatic rings. The number of aromatic nitrogens is 4. The summed E-state index contributed by atoms with van der Waals surface area (Å²) in [5.41, 5.74) is 3.19. The molecule has 7 nitrogen and oxygen atoms in total. The summed E-state index contributed by atoms with van der Waals surface area (Å²) in [7, 11) is 0. The molecule has 3 heterocycles. The Morgan fingerprint density at radius 3 is 2.41 bits per heavy atom. The Labute approximate surface area is 193 Å². The molecule has 0 fully saturated rings. The van der Waals surface area contributed by atoms with Gasteiger partial charge < -0.3 is 5.32 Å². The van der Waals surface area contributed by atoms with Crippen LogP contribution < -0.4 is 10.6 Å². The fourth-order valence-corrected chi connectivity index (χ4v) is 3.66. The molecule has 158 valence electrons. The summed E-state index contributed by atoms with van der Waals surface area (Å²) in [5, 5.41) is 11.9. The average Bonchev–Trinajstić information content (AvgIpc) is 3.22. The Hall–Kier alpha value is -3.68. The van der Waals surface area contributed by atoms with Crippen molar-refractivity contribution in [3.05, 3.63) is 106 Å². The van der Waals surface area contributed by atoms with Crippen LogP contribution in [0.3, 0.4) is 0 Å². The summed E-state index contributed by atoms with van der Waals surface area (Å²) in [6.07, 6.45) is 5.14. The maximum Gasteiger partial charge on any atom is 0.259 e. The molecule has 2 N–H and O–H groups in total. The molecule has 9 heteroatoms. The van der Waals surface area contributed by atoms with Gasteiger partial charge in [-0.25, -0.2) is 4.68 Å². The molecule has 5 rings (SSSR count). The Kier molecular flexibility index (Phi) is 5.34. The molecule has 0 radical (unpaired) electrons. The largest absolute Gasteiger partial charge is 0.324 e. The first-order valence-electron chi connectivity index (χ1n) is 9.75. The number of allylic oxidation sites excluding steroid dienone is 1. The second kappa shape index (κ2) is 8.45. The first-order chi connectivity index (χ1) is 15.6. The van der Waals surface area contributed by atoms with E-state index in [1.165, 1.54) is 6.20 Å². The molecule has 2 aromatic carbocycles. The van der Waals surface area contributed by atoms with E-state index in [0.29, 0.717) is 21.6 Å². The van der Waals surface area contributed by atoms with Crippen LogP contribution in [-0.2, 0) is 0 Å².